The molecular weight excluding hydrogens is 244 g/mol. The lowest BCUT2D eigenvalue weighted by atomic mass is 10.1. The number of nitrogens with zero attached hydrogens (tertiary/aromatic N) is 1. The van der Waals surface area contributed by atoms with Crippen molar-refractivity contribution < 1.29 is 15.0 Å². The Morgan fingerprint density at radius 3 is 2.74 bits per heavy atom. The largest absolute Gasteiger partial charge is 0.504 e. The van der Waals surface area contributed by atoms with Crippen LogP contribution in [0.2, 0.25) is 0 Å². The summed E-state index contributed by atoms with van der Waals surface area (Å²) in [5.74, 6) is -0.530. The molecule has 102 valence electrons. The molecule has 2 atom stereocenters. The topological polar surface area (TPSA) is 72.8 Å². The Kier molecular flexibility index (Phi) is 3.06. The SMILES string of the molecule is O=C(c1ccc(O)c(O)c1)N1CCC2CCC(C1)N2. The molecule has 0 aliphatic carbocycles. The van der Waals surface area contributed by atoms with Crippen LogP contribution in [0.15, 0.2) is 18.2 Å². The van der Waals surface area contributed by atoms with E-state index in [4.69, 9.17) is 0 Å². The smallest absolute Gasteiger partial charge is 0.254 e. The molecule has 2 fully saturated rings. The number of carbonyl (C=O) groups excluding carboxylic acids is 1. The molecule has 1 amide bonds. The van der Waals surface area contributed by atoms with E-state index in [2.05, 4.69) is 5.32 Å². The molecule has 2 aliphatic heterocycles. The molecule has 2 aliphatic rings. The van der Waals surface area contributed by atoms with Gasteiger partial charge in [-0.2, -0.15) is 0 Å². The average molecular weight is 262 g/mol. The molecule has 0 aromatic heterocycles. The fraction of sp³-hybridized carbons (Fsp3) is 0.500. The van der Waals surface area contributed by atoms with E-state index in [0.717, 1.165) is 25.9 Å². The van der Waals surface area contributed by atoms with Gasteiger partial charge in [-0.05, 0) is 37.5 Å². The van der Waals surface area contributed by atoms with E-state index in [-0.39, 0.29) is 17.4 Å². The molecule has 2 unspecified atom stereocenters. The van der Waals surface area contributed by atoms with Crippen LogP contribution in [0.25, 0.3) is 0 Å². The predicted octanol–water partition coefficient (Wildman–Crippen LogP) is 1.06. The molecule has 0 spiro atoms. The third kappa shape index (κ3) is 2.38. The number of aromatic hydroxyl groups is 2. The van der Waals surface area contributed by atoms with Crippen LogP contribution in [-0.2, 0) is 0 Å². The highest BCUT2D eigenvalue weighted by Crippen LogP contribution is 2.27. The van der Waals surface area contributed by atoms with Crippen LogP contribution in [-0.4, -0.2) is 46.2 Å². The molecule has 5 heteroatoms. The van der Waals surface area contributed by atoms with Crippen LogP contribution in [0.3, 0.4) is 0 Å². The number of hydrogen-bond acceptors (Lipinski definition) is 4. The van der Waals surface area contributed by atoms with Crippen LogP contribution in [0.4, 0.5) is 0 Å². The van der Waals surface area contributed by atoms with Crippen molar-refractivity contribution in [2.45, 2.75) is 31.3 Å². The lowest BCUT2D eigenvalue weighted by Gasteiger charge is -2.24. The van der Waals surface area contributed by atoms with Crippen molar-refractivity contribution in [2.24, 2.45) is 0 Å². The van der Waals surface area contributed by atoms with Gasteiger partial charge in [-0.3, -0.25) is 4.79 Å². The third-order valence-electron chi connectivity index (χ3n) is 4.03. The monoisotopic (exact) mass is 262 g/mol. The lowest BCUT2D eigenvalue weighted by Crippen LogP contribution is -2.39. The number of nitrogens with one attached hydrogen (secondary N) is 1. The summed E-state index contributed by atoms with van der Waals surface area (Å²) in [6, 6.07) is 5.16. The molecule has 2 heterocycles. The van der Waals surface area contributed by atoms with Crippen molar-refractivity contribution in [1.82, 2.24) is 10.2 Å². The molecule has 2 saturated heterocycles. The second kappa shape index (κ2) is 4.74. The summed E-state index contributed by atoms with van der Waals surface area (Å²) in [5, 5.41) is 22.3. The quantitative estimate of drug-likeness (QED) is 0.662. The van der Waals surface area contributed by atoms with Crippen molar-refractivity contribution >= 4 is 5.91 Å². The van der Waals surface area contributed by atoms with Gasteiger partial charge < -0.3 is 20.4 Å². The second-order valence-electron chi connectivity index (χ2n) is 5.38. The molecule has 0 saturated carbocycles. The number of benzene rings is 1. The highest BCUT2D eigenvalue weighted by molar-refractivity contribution is 5.95. The van der Waals surface area contributed by atoms with E-state index in [9.17, 15) is 15.0 Å². The van der Waals surface area contributed by atoms with E-state index in [0.29, 0.717) is 17.6 Å². The molecule has 2 bridgehead atoms. The van der Waals surface area contributed by atoms with Gasteiger partial charge in [0.2, 0.25) is 0 Å². The summed E-state index contributed by atoms with van der Waals surface area (Å²) >= 11 is 0. The predicted molar refractivity (Wildman–Crippen MR) is 70.2 cm³/mol. The zero-order chi connectivity index (χ0) is 13.4. The normalized spacial score (nSPS) is 26.2. The number of amides is 1. The fourth-order valence-electron chi connectivity index (χ4n) is 2.97. The van der Waals surface area contributed by atoms with E-state index in [1.807, 2.05) is 4.90 Å². The van der Waals surface area contributed by atoms with Crippen LogP contribution < -0.4 is 5.32 Å². The first-order valence-electron chi connectivity index (χ1n) is 6.71. The average Bonchev–Trinajstić information content (AvgIpc) is 2.72. The minimum atomic E-state index is -0.250. The van der Waals surface area contributed by atoms with Crippen LogP contribution in [0.5, 0.6) is 11.5 Å². The molecular formula is C14H18N2O3. The zero-order valence-electron chi connectivity index (χ0n) is 10.7. The maximum Gasteiger partial charge on any atom is 0.254 e. The number of rotatable bonds is 1. The van der Waals surface area contributed by atoms with Gasteiger partial charge in [-0.15, -0.1) is 0 Å². The zero-order valence-corrected chi connectivity index (χ0v) is 10.7. The fourth-order valence-corrected chi connectivity index (χ4v) is 2.97. The number of phenolic OH excluding ortho intramolecular Hbond substituents is 2. The van der Waals surface area contributed by atoms with E-state index >= 15 is 0 Å². The van der Waals surface area contributed by atoms with Gasteiger partial charge in [0.05, 0.1) is 0 Å². The maximum atomic E-state index is 12.4. The molecule has 3 rings (SSSR count). The first kappa shape index (κ1) is 12.3. The van der Waals surface area contributed by atoms with Crippen molar-refractivity contribution in [1.29, 1.82) is 0 Å². The Morgan fingerprint density at radius 2 is 1.95 bits per heavy atom. The summed E-state index contributed by atoms with van der Waals surface area (Å²) in [5.41, 5.74) is 0.424. The van der Waals surface area contributed by atoms with Gasteiger partial charge in [0.25, 0.3) is 5.91 Å². The lowest BCUT2D eigenvalue weighted by molar-refractivity contribution is 0.0747. The third-order valence-corrected chi connectivity index (χ3v) is 4.03. The van der Waals surface area contributed by atoms with E-state index < -0.39 is 0 Å². The van der Waals surface area contributed by atoms with Crippen LogP contribution in [0, 0.1) is 0 Å². The number of fused-ring (bicyclic) bond motifs is 2. The molecule has 0 radical (unpaired) electrons. The van der Waals surface area contributed by atoms with E-state index in [1.54, 1.807) is 6.07 Å². The van der Waals surface area contributed by atoms with Gasteiger partial charge >= 0.3 is 0 Å². The standard InChI is InChI=1S/C14H18N2O3/c17-12-4-1-9(7-13(12)18)14(19)16-6-5-10-2-3-11(8-16)15-10/h1,4,7,10-11,15,17-18H,2-3,5-6,8H2. The Bertz CT molecular complexity index is 503. The summed E-state index contributed by atoms with van der Waals surface area (Å²) in [7, 11) is 0. The maximum absolute atomic E-state index is 12.4. The van der Waals surface area contributed by atoms with Crippen molar-refractivity contribution in [2.75, 3.05) is 13.1 Å². The van der Waals surface area contributed by atoms with Crippen molar-refractivity contribution in [3.63, 3.8) is 0 Å². The minimum absolute atomic E-state index is 0.0790. The van der Waals surface area contributed by atoms with Crippen molar-refractivity contribution in [3.8, 4) is 11.5 Å². The molecule has 1 aromatic carbocycles. The summed E-state index contributed by atoms with van der Waals surface area (Å²) in [6.45, 7) is 1.46. The number of likely N-dealkylation sites (tertiary alicyclic amines) is 1. The molecule has 3 N–H and O–H groups in total. The molecule has 5 nitrogen and oxygen atoms in total. The molecule has 1 aromatic rings. The number of hydrogen-bond donors (Lipinski definition) is 3. The van der Waals surface area contributed by atoms with Crippen LogP contribution in [0.1, 0.15) is 29.6 Å². The number of phenols is 2. The minimum Gasteiger partial charge on any atom is -0.504 e. The Balaban J connectivity index is 1.77. The van der Waals surface area contributed by atoms with Crippen LogP contribution >= 0.6 is 0 Å². The summed E-state index contributed by atoms with van der Waals surface area (Å²) in [4.78, 5) is 14.2. The van der Waals surface area contributed by atoms with Crippen molar-refractivity contribution in [3.05, 3.63) is 23.8 Å². The van der Waals surface area contributed by atoms with Gasteiger partial charge in [0, 0.05) is 30.7 Å². The van der Waals surface area contributed by atoms with E-state index in [1.165, 1.54) is 18.6 Å². The second-order valence-corrected chi connectivity index (χ2v) is 5.38. The Labute approximate surface area is 111 Å². The first-order chi connectivity index (χ1) is 9.13. The van der Waals surface area contributed by atoms with Gasteiger partial charge in [-0.1, -0.05) is 0 Å². The highest BCUT2D eigenvalue weighted by Gasteiger charge is 2.31. The Hall–Kier alpha value is -1.75. The summed E-state index contributed by atoms with van der Waals surface area (Å²) < 4.78 is 0. The summed E-state index contributed by atoms with van der Waals surface area (Å²) in [6.07, 6.45) is 3.30. The van der Waals surface area contributed by atoms with Gasteiger partial charge in [0.15, 0.2) is 11.5 Å². The highest BCUT2D eigenvalue weighted by atomic mass is 16.3. The van der Waals surface area contributed by atoms with Gasteiger partial charge in [-0.25, -0.2) is 0 Å². The number of carbonyl (C=O) groups is 1. The molecule has 19 heavy (non-hydrogen) atoms. The first-order valence-corrected chi connectivity index (χ1v) is 6.71. The van der Waals surface area contributed by atoms with Gasteiger partial charge in [0.1, 0.15) is 0 Å². The Morgan fingerprint density at radius 1 is 1.16 bits per heavy atom.